The Labute approximate surface area is 57.0 Å². The van der Waals surface area contributed by atoms with Crippen LogP contribution in [0.25, 0.3) is 0 Å². The average molecular weight is 125 g/mol. The van der Waals surface area contributed by atoms with Crippen molar-refractivity contribution in [3.63, 3.8) is 0 Å². The Hall–Kier alpha value is -0.920. The molecule has 0 spiro atoms. The molecule has 0 rings (SSSR count). The Morgan fingerprint density at radius 1 is 1.44 bits per heavy atom. The molecule has 0 aliphatic carbocycles. The van der Waals surface area contributed by atoms with Crippen molar-refractivity contribution < 1.29 is 0 Å². The largest absolute Gasteiger partial charge is 0.164 e. The first-order valence-corrected chi connectivity index (χ1v) is 2.61. The van der Waals surface area contributed by atoms with Gasteiger partial charge in [-0.1, -0.05) is 0 Å². The van der Waals surface area contributed by atoms with Crippen LogP contribution in [0.15, 0.2) is 23.4 Å². The van der Waals surface area contributed by atoms with Gasteiger partial charge in [0.25, 0.3) is 0 Å². The Balaban J connectivity index is 0. The third-order valence-corrected chi connectivity index (χ3v) is 0.344. The van der Waals surface area contributed by atoms with E-state index in [1.807, 2.05) is 6.92 Å². The molecule has 0 bridgehead atoms. The first-order valence-electron chi connectivity index (χ1n) is 2.61. The van der Waals surface area contributed by atoms with E-state index in [2.05, 4.69) is 30.3 Å². The van der Waals surface area contributed by atoms with Gasteiger partial charge < -0.3 is 0 Å². The van der Waals surface area contributed by atoms with Gasteiger partial charge in [-0.25, -0.2) is 0 Å². The van der Waals surface area contributed by atoms with Gasteiger partial charge in [0.2, 0.25) is 0 Å². The molecule has 0 aromatic carbocycles. The lowest BCUT2D eigenvalue weighted by Gasteiger charge is -1.76. The van der Waals surface area contributed by atoms with Gasteiger partial charge in [-0.15, -0.1) is 13.2 Å². The fourth-order valence-corrected chi connectivity index (χ4v) is 0.156. The second-order valence-corrected chi connectivity index (χ2v) is 1.21. The number of hydrogen-bond acceptors (Lipinski definition) is 2. The Bertz CT molecular complexity index is 99.5. The molecule has 0 saturated heterocycles. The van der Waals surface area contributed by atoms with E-state index in [-0.39, 0.29) is 0 Å². The van der Waals surface area contributed by atoms with Gasteiger partial charge >= 0.3 is 0 Å². The predicted molar refractivity (Wildman–Crippen MR) is 43.9 cm³/mol. The maximum absolute atomic E-state index is 3.62. The van der Waals surface area contributed by atoms with Gasteiger partial charge in [-0.2, -0.15) is 10.2 Å². The summed E-state index contributed by atoms with van der Waals surface area (Å²) in [5, 5.41) is 7.19. The highest BCUT2D eigenvalue weighted by molar-refractivity contribution is 5.85. The molecule has 0 aliphatic heterocycles. The second-order valence-electron chi connectivity index (χ2n) is 1.21. The highest BCUT2D eigenvalue weighted by Crippen LogP contribution is 1.72. The number of nitrogens with zero attached hydrogens (tertiary/aromatic N) is 2. The van der Waals surface area contributed by atoms with E-state index in [1.165, 1.54) is 0 Å². The van der Waals surface area contributed by atoms with E-state index < -0.39 is 0 Å². The summed E-state index contributed by atoms with van der Waals surface area (Å²) in [5.74, 6) is 0. The molecule has 0 aromatic rings. The minimum Gasteiger partial charge on any atom is -0.164 e. The monoisotopic (exact) mass is 125 g/mol. The van der Waals surface area contributed by atoms with Gasteiger partial charge in [-0.05, 0) is 20.8 Å². The zero-order valence-corrected chi connectivity index (χ0v) is 6.09. The Kier molecular flexibility index (Phi) is 12.3. The SMILES string of the molecule is C=C.[CH2]/C(C)=N\N=C\C. The van der Waals surface area contributed by atoms with Gasteiger partial charge in [-0.3, -0.25) is 0 Å². The van der Waals surface area contributed by atoms with Crippen molar-refractivity contribution in [1.82, 2.24) is 0 Å². The summed E-state index contributed by atoms with van der Waals surface area (Å²) >= 11 is 0. The first kappa shape index (κ1) is 11.0. The van der Waals surface area contributed by atoms with Crippen LogP contribution in [-0.2, 0) is 0 Å². The van der Waals surface area contributed by atoms with E-state index in [0.717, 1.165) is 5.71 Å². The van der Waals surface area contributed by atoms with Crippen molar-refractivity contribution in [2.75, 3.05) is 0 Å². The predicted octanol–water partition coefficient (Wildman–Crippen LogP) is 2.09. The minimum absolute atomic E-state index is 0.734. The quantitative estimate of drug-likeness (QED) is 0.291. The molecule has 0 saturated carbocycles. The molecule has 1 radical (unpaired) electrons. The maximum atomic E-state index is 3.62. The van der Waals surface area contributed by atoms with Crippen LogP contribution in [0.1, 0.15) is 13.8 Å². The van der Waals surface area contributed by atoms with E-state index >= 15 is 0 Å². The summed E-state index contributed by atoms with van der Waals surface area (Å²) in [4.78, 5) is 0. The maximum Gasteiger partial charge on any atom is 0.0378 e. The topological polar surface area (TPSA) is 24.7 Å². The molecule has 0 atom stereocenters. The number of rotatable bonds is 1. The van der Waals surface area contributed by atoms with Gasteiger partial charge in [0, 0.05) is 11.9 Å². The van der Waals surface area contributed by atoms with E-state index in [9.17, 15) is 0 Å². The molecular weight excluding hydrogens is 112 g/mol. The lowest BCUT2D eigenvalue weighted by Crippen LogP contribution is -1.75. The molecule has 0 aliphatic rings. The van der Waals surface area contributed by atoms with Crippen LogP contribution in [0.2, 0.25) is 0 Å². The highest BCUT2D eigenvalue weighted by Gasteiger charge is 1.68. The van der Waals surface area contributed by atoms with Crippen LogP contribution in [0.5, 0.6) is 0 Å². The molecule has 2 nitrogen and oxygen atoms in total. The van der Waals surface area contributed by atoms with Crippen molar-refractivity contribution >= 4 is 11.9 Å². The zero-order chi connectivity index (χ0) is 7.70. The van der Waals surface area contributed by atoms with Crippen molar-refractivity contribution in [2.24, 2.45) is 10.2 Å². The van der Waals surface area contributed by atoms with Crippen LogP contribution in [0, 0.1) is 6.92 Å². The van der Waals surface area contributed by atoms with E-state index in [4.69, 9.17) is 0 Å². The van der Waals surface area contributed by atoms with Crippen molar-refractivity contribution in [2.45, 2.75) is 13.8 Å². The first-order chi connectivity index (χ1) is 4.27. The van der Waals surface area contributed by atoms with Crippen LogP contribution < -0.4 is 0 Å². The summed E-state index contributed by atoms with van der Waals surface area (Å²) in [7, 11) is 0. The third-order valence-electron chi connectivity index (χ3n) is 0.344. The van der Waals surface area contributed by atoms with Gasteiger partial charge in [0.1, 0.15) is 0 Å². The standard InChI is InChI=1S/C5H9N2.C2H4/c1-4-6-7-5(2)3;1-2/h4H,2H2,1,3H3;1-2H2/b6-4+,7-5+;. The van der Waals surface area contributed by atoms with Gasteiger partial charge in [0.05, 0.1) is 0 Å². The summed E-state index contributed by atoms with van der Waals surface area (Å²) in [5.41, 5.74) is 0.734. The fraction of sp³-hybridized carbons (Fsp3) is 0.286. The lowest BCUT2D eigenvalue weighted by atomic mass is 10.5. The smallest absolute Gasteiger partial charge is 0.0378 e. The molecule has 0 unspecified atom stereocenters. The Morgan fingerprint density at radius 2 is 1.89 bits per heavy atom. The van der Waals surface area contributed by atoms with Crippen molar-refractivity contribution in [1.29, 1.82) is 0 Å². The Morgan fingerprint density at radius 3 is 2.00 bits per heavy atom. The molecule has 0 fully saturated rings. The molecule has 9 heavy (non-hydrogen) atoms. The molecule has 0 heterocycles. The third kappa shape index (κ3) is 19.3. The van der Waals surface area contributed by atoms with Crippen molar-refractivity contribution in [3.8, 4) is 0 Å². The fourth-order valence-electron chi connectivity index (χ4n) is 0.156. The molecular formula is C7H13N2. The molecule has 2 heteroatoms. The highest BCUT2D eigenvalue weighted by atomic mass is 15.2. The van der Waals surface area contributed by atoms with Crippen molar-refractivity contribution in [3.05, 3.63) is 20.1 Å². The second kappa shape index (κ2) is 10.1. The normalized spacial score (nSPS) is 10.8. The average Bonchev–Trinajstić information content (AvgIpc) is 1.88. The van der Waals surface area contributed by atoms with Gasteiger partial charge in [0.15, 0.2) is 0 Å². The molecule has 0 amide bonds. The molecule has 0 aromatic heterocycles. The zero-order valence-electron chi connectivity index (χ0n) is 6.09. The molecule has 0 N–H and O–H groups in total. The van der Waals surface area contributed by atoms with Crippen LogP contribution >= 0.6 is 0 Å². The van der Waals surface area contributed by atoms with E-state index in [0.29, 0.717) is 0 Å². The van der Waals surface area contributed by atoms with Crippen LogP contribution in [0.3, 0.4) is 0 Å². The molecule has 51 valence electrons. The number of hydrogen-bond donors (Lipinski definition) is 0. The summed E-state index contributed by atoms with van der Waals surface area (Å²) in [6.07, 6.45) is 1.62. The minimum atomic E-state index is 0.734. The summed E-state index contributed by atoms with van der Waals surface area (Å²) in [6.45, 7) is 13.1. The summed E-state index contributed by atoms with van der Waals surface area (Å²) in [6, 6.07) is 0. The van der Waals surface area contributed by atoms with E-state index in [1.54, 1.807) is 13.1 Å². The lowest BCUT2D eigenvalue weighted by molar-refractivity contribution is 1.24. The van der Waals surface area contributed by atoms with Crippen LogP contribution in [-0.4, -0.2) is 11.9 Å². The van der Waals surface area contributed by atoms with Crippen LogP contribution in [0.4, 0.5) is 0 Å². The summed E-state index contributed by atoms with van der Waals surface area (Å²) < 4.78 is 0.